The quantitative estimate of drug-likeness (QED) is 0.782. The molecule has 1 aliphatic heterocycles. The van der Waals surface area contributed by atoms with Crippen LogP contribution in [0, 0.1) is 5.92 Å². The van der Waals surface area contributed by atoms with Gasteiger partial charge in [0.1, 0.15) is 0 Å². The molecule has 0 aliphatic carbocycles. The lowest BCUT2D eigenvalue weighted by Crippen LogP contribution is -2.42. The van der Waals surface area contributed by atoms with E-state index in [0.29, 0.717) is 19.6 Å². The van der Waals surface area contributed by atoms with Gasteiger partial charge < -0.3 is 5.73 Å². The largest absolute Gasteiger partial charge is 0.330 e. The molecule has 0 spiro atoms. The summed E-state index contributed by atoms with van der Waals surface area (Å²) in [6.07, 6.45) is 1.65. The van der Waals surface area contributed by atoms with Gasteiger partial charge in [0.05, 0.1) is 9.79 Å². The van der Waals surface area contributed by atoms with Crippen LogP contribution in [0.3, 0.4) is 0 Å². The van der Waals surface area contributed by atoms with Gasteiger partial charge in [-0.25, -0.2) is 22.0 Å². The molecule has 1 saturated heterocycles. The fraction of sp³-hybridized carbons (Fsp3) is 0.500. The number of hydrogen-bond donors (Lipinski definition) is 2. The van der Waals surface area contributed by atoms with E-state index in [2.05, 4.69) is 0 Å². The van der Waals surface area contributed by atoms with Crippen LogP contribution in [0.1, 0.15) is 12.8 Å². The second kappa shape index (κ2) is 6.01. The Bertz CT molecular complexity index is 716. The van der Waals surface area contributed by atoms with Crippen LogP contribution < -0.4 is 10.9 Å². The van der Waals surface area contributed by atoms with Gasteiger partial charge in [-0.05, 0) is 43.5 Å². The molecular formula is C12H19N3O4S2. The van der Waals surface area contributed by atoms with Crippen LogP contribution in [0.2, 0.25) is 0 Å². The zero-order valence-corrected chi connectivity index (χ0v) is 13.1. The lowest BCUT2D eigenvalue weighted by Gasteiger charge is -2.31. The molecule has 1 unspecified atom stereocenters. The van der Waals surface area contributed by atoms with E-state index in [1.807, 2.05) is 0 Å². The number of piperidine rings is 1. The highest BCUT2D eigenvalue weighted by atomic mass is 32.2. The second-order valence-electron chi connectivity index (χ2n) is 5.13. The molecule has 0 bridgehead atoms. The van der Waals surface area contributed by atoms with Gasteiger partial charge in [-0.2, -0.15) is 4.31 Å². The van der Waals surface area contributed by atoms with E-state index in [-0.39, 0.29) is 15.7 Å². The Morgan fingerprint density at radius 3 is 2.48 bits per heavy atom. The van der Waals surface area contributed by atoms with Crippen LogP contribution in [-0.2, 0) is 20.0 Å². The minimum atomic E-state index is -3.93. The predicted molar refractivity (Wildman–Crippen MR) is 78.4 cm³/mol. The van der Waals surface area contributed by atoms with Crippen LogP contribution >= 0.6 is 0 Å². The molecule has 118 valence electrons. The predicted octanol–water partition coefficient (Wildman–Crippen LogP) is -0.307. The first-order valence-corrected chi connectivity index (χ1v) is 9.57. The standard InChI is InChI=1S/C12H19N3O4S2/c13-8-10-3-2-6-15(9-10)21(18,19)12-5-1-4-11(7-12)20(14,16)17/h1,4-5,7,10H,2-3,6,8-9,13H2,(H2,14,16,17). The third-order valence-electron chi connectivity index (χ3n) is 3.59. The number of sulfonamides is 2. The van der Waals surface area contributed by atoms with E-state index in [9.17, 15) is 16.8 Å². The molecule has 21 heavy (non-hydrogen) atoms. The first-order valence-electron chi connectivity index (χ1n) is 6.58. The van der Waals surface area contributed by atoms with Gasteiger partial charge in [-0.3, -0.25) is 0 Å². The van der Waals surface area contributed by atoms with Crippen LogP contribution in [0.25, 0.3) is 0 Å². The lowest BCUT2D eigenvalue weighted by atomic mass is 10.0. The number of primary sulfonamides is 1. The van der Waals surface area contributed by atoms with Gasteiger partial charge in [0.2, 0.25) is 20.0 Å². The zero-order valence-electron chi connectivity index (χ0n) is 11.5. The van der Waals surface area contributed by atoms with E-state index in [4.69, 9.17) is 10.9 Å². The molecule has 4 N–H and O–H groups in total. The minimum absolute atomic E-state index is 0.0632. The molecule has 0 amide bonds. The molecule has 9 heteroatoms. The smallest absolute Gasteiger partial charge is 0.243 e. The number of nitrogens with two attached hydrogens (primary N) is 2. The van der Waals surface area contributed by atoms with E-state index in [0.717, 1.165) is 18.9 Å². The summed E-state index contributed by atoms with van der Waals surface area (Å²) >= 11 is 0. The lowest BCUT2D eigenvalue weighted by molar-refractivity contribution is 0.271. The Hall–Kier alpha value is -1.00. The second-order valence-corrected chi connectivity index (χ2v) is 8.63. The van der Waals surface area contributed by atoms with Crippen molar-refractivity contribution in [2.75, 3.05) is 19.6 Å². The maximum atomic E-state index is 12.6. The van der Waals surface area contributed by atoms with Gasteiger partial charge >= 0.3 is 0 Å². The van der Waals surface area contributed by atoms with Gasteiger partial charge in [0.15, 0.2) is 0 Å². The van der Waals surface area contributed by atoms with Gasteiger partial charge in [-0.1, -0.05) is 6.07 Å². The van der Waals surface area contributed by atoms with Crippen LogP contribution in [0.15, 0.2) is 34.1 Å². The molecule has 0 saturated carbocycles. The van der Waals surface area contributed by atoms with E-state index < -0.39 is 20.0 Å². The van der Waals surface area contributed by atoms with Crippen LogP contribution in [0.5, 0.6) is 0 Å². The van der Waals surface area contributed by atoms with Crippen molar-refractivity contribution in [3.8, 4) is 0 Å². The Kier molecular flexibility index (Phi) is 4.69. The summed E-state index contributed by atoms with van der Waals surface area (Å²) in [5, 5.41) is 5.04. The summed E-state index contributed by atoms with van der Waals surface area (Å²) in [4.78, 5) is -0.275. The molecule has 1 aromatic carbocycles. The van der Waals surface area contributed by atoms with Crippen LogP contribution in [0.4, 0.5) is 0 Å². The third kappa shape index (κ3) is 3.61. The molecular weight excluding hydrogens is 314 g/mol. The first-order chi connectivity index (χ1) is 9.75. The van der Waals surface area contributed by atoms with E-state index in [1.54, 1.807) is 0 Å². The van der Waals surface area contributed by atoms with Crippen LogP contribution in [-0.4, -0.2) is 40.8 Å². The first kappa shape index (κ1) is 16.4. The molecule has 1 atom stereocenters. The van der Waals surface area contributed by atoms with Gasteiger partial charge in [0, 0.05) is 13.1 Å². The average molecular weight is 333 g/mol. The summed E-state index contributed by atoms with van der Waals surface area (Å²) in [6.45, 7) is 1.21. The van der Waals surface area contributed by atoms with Crippen molar-refractivity contribution < 1.29 is 16.8 Å². The Balaban J connectivity index is 2.36. The van der Waals surface area contributed by atoms with Gasteiger partial charge in [0.25, 0.3) is 0 Å². The zero-order chi connectivity index (χ0) is 15.7. The number of rotatable bonds is 4. The highest BCUT2D eigenvalue weighted by Crippen LogP contribution is 2.24. The number of benzene rings is 1. The minimum Gasteiger partial charge on any atom is -0.330 e. The maximum Gasteiger partial charge on any atom is 0.243 e. The van der Waals surface area contributed by atoms with Crippen molar-refractivity contribution in [2.24, 2.45) is 16.8 Å². The van der Waals surface area contributed by atoms with E-state index >= 15 is 0 Å². The fourth-order valence-electron chi connectivity index (χ4n) is 2.40. The van der Waals surface area contributed by atoms with E-state index in [1.165, 1.54) is 22.5 Å². The van der Waals surface area contributed by atoms with Crippen molar-refractivity contribution in [3.05, 3.63) is 24.3 Å². The molecule has 1 fully saturated rings. The molecule has 0 aromatic heterocycles. The third-order valence-corrected chi connectivity index (χ3v) is 6.36. The Morgan fingerprint density at radius 1 is 1.19 bits per heavy atom. The van der Waals surface area contributed by atoms with Crippen molar-refractivity contribution in [1.29, 1.82) is 0 Å². The monoisotopic (exact) mass is 333 g/mol. The summed E-state index contributed by atoms with van der Waals surface area (Å²) in [5.74, 6) is 0.134. The van der Waals surface area contributed by atoms with Crippen molar-refractivity contribution in [3.63, 3.8) is 0 Å². The SMILES string of the molecule is NCC1CCCN(S(=O)(=O)c2cccc(S(N)(=O)=O)c2)C1. The molecule has 7 nitrogen and oxygen atoms in total. The Labute approximate surface area is 125 Å². The summed E-state index contributed by atoms with van der Waals surface area (Å²) in [5.41, 5.74) is 5.61. The summed E-state index contributed by atoms with van der Waals surface area (Å²) in [6, 6.07) is 5.11. The van der Waals surface area contributed by atoms with Crippen molar-refractivity contribution >= 4 is 20.0 Å². The topological polar surface area (TPSA) is 124 Å². The fourth-order valence-corrected chi connectivity index (χ4v) is 4.63. The maximum absolute atomic E-state index is 12.6. The van der Waals surface area contributed by atoms with Crippen molar-refractivity contribution in [1.82, 2.24) is 4.31 Å². The normalized spacial score (nSPS) is 21.3. The molecule has 0 radical (unpaired) electrons. The molecule has 1 aromatic rings. The summed E-state index contributed by atoms with van der Waals surface area (Å²) < 4.78 is 49.2. The number of nitrogens with zero attached hydrogens (tertiary/aromatic N) is 1. The molecule has 1 heterocycles. The average Bonchev–Trinajstić information content (AvgIpc) is 2.46. The summed E-state index contributed by atoms with van der Waals surface area (Å²) in [7, 11) is -7.66. The molecule has 1 aliphatic rings. The Morgan fingerprint density at radius 2 is 1.86 bits per heavy atom. The van der Waals surface area contributed by atoms with Gasteiger partial charge in [-0.15, -0.1) is 0 Å². The highest BCUT2D eigenvalue weighted by Gasteiger charge is 2.30. The highest BCUT2D eigenvalue weighted by molar-refractivity contribution is 7.90. The molecule has 2 rings (SSSR count). The van der Waals surface area contributed by atoms with Crippen molar-refractivity contribution in [2.45, 2.75) is 22.6 Å². The number of hydrogen-bond acceptors (Lipinski definition) is 5.